The highest BCUT2D eigenvalue weighted by atomic mass is 15.2. The van der Waals surface area contributed by atoms with Gasteiger partial charge in [-0.3, -0.25) is 0 Å². The molecule has 0 aromatic heterocycles. The molecule has 2 nitrogen and oxygen atoms in total. The molecule has 7 aromatic carbocycles. The molecule has 2 heteroatoms. The van der Waals surface area contributed by atoms with Crippen LogP contribution in [0.5, 0.6) is 0 Å². The minimum absolute atomic E-state index is 0.0891. The molecule has 0 saturated carbocycles. The monoisotopic (exact) mass is 684 g/mol. The van der Waals surface area contributed by atoms with Crippen molar-refractivity contribution in [1.82, 2.24) is 0 Å². The summed E-state index contributed by atoms with van der Waals surface area (Å²) in [5.74, 6) is 0. The van der Waals surface area contributed by atoms with E-state index < -0.39 is 0 Å². The van der Waals surface area contributed by atoms with E-state index in [-0.39, 0.29) is 10.8 Å². The SMILES string of the molecule is Cc1cc2c(cc1N(c1ccccc1)c1cccc3c1[C@]1(CCc4cccc(N(c5ccccc5)c5ccccc5)c41)CC3)C(C)(C)c1ccccc1-2. The number of anilines is 6. The van der Waals surface area contributed by atoms with Gasteiger partial charge in [-0.25, -0.2) is 0 Å². The summed E-state index contributed by atoms with van der Waals surface area (Å²) in [7, 11) is 0. The molecule has 3 aliphatic rings. The van der Waals surface area contributed by atoms with Crippen molar-refractivity contribution in [2.45, 2.75) is 57.3 Å². The predicted octanol–water partition coefficient (Wildman–Crippen LogP) is 13.4. The van der Waals surface area contributed by atoms with Crippen LogP contribution in [0.3, 0.4) is 0 Å². The van der Waals surface area contributed by atoms with Gasteiger partial charge in [-0.05, 0) is 143 Å². The van der Waals surface area contributed by atoms with Crippen molar-refractivity contribution >= 4 is 34.1 Å². The van der Waals surface area contributed by atoms with Crippen molar-refractivity contribution < 1.29 is 0 Å². The average Bonchev–Trinajstić information content (AvgIpc) is 3.84. The van der Waals surface area contributed by atoms with Crippen LogP contribution in [0.15, 0.2) is 164 Å². The van der Waals surface area contributed by atoms with Gasteiger partial charge in [0, 0.05) is 33.6 Å². The smallest absolute Gasteiger partial charge is 0.0505 e. The summed E-state index contributed by atoms with van der Waals surface area (Å²) in [6.45, 7) is 7.08. The molecule has 7 aromatic rings. The van der Waals surface area contributed by atoms with E-state index in [1.54, 1.807) is 0 Å². The van der Waals surface area contributed by atoms with Gasteiger partial charge >= 0.3 is 0 Å². The van der Waals surface area contributed by atoms with E-state index in [2.05, 4.69) is 194 Å². The first-order chi connectivity index (χ1) is 26.0. The van der Waals surface area contributed by atoms with Gasteiger partial charge in [-0.1, -0.05) is 117 Å². The maximum atomic E-state index is 2.59. The second-order valence-electron chi connectivity index (χ2n) is 15.7. The maximum absolute atomic E-state index is 2.59. The van der Waals surface area contributed by atoms with Gasteiger partial charge < -0.3 is 9.80 Å². The lowest BCUT2D eigenvalue weighted by Gasteiger charge is -2.37. The molecule has 53 heavy (non-hydrogen) atoms. The van der Waals surface area contributed by atoms with Crippen molar-refractivity contribution in [1.29, 1.82) is 0 Å². The molecule has 0 heterocycles. The highest BCUT2D eigenvalue weighted by Gasteiger charge is 2.49. The Morgan fingerprint density at radius 3 is 1.49 bits per heavy atom. The minimum Gasteiger partial charge on any atom is -0.310 e. The molecule has 0 amide bonds. The number of hydrogen-bond acceptors (Lipinski definition) is 2. The van der Waals surface area contributed by atoms with Crippen LogP contribution < -0.4 is 9.80 Å². The lowest BCUT2D eigenvalue weighted by molar-refractivity contribution is 0.508. The number of hydrogen-bond donors (Lipinski definition) is 0. The standard InChI is InChI=1S/C51H44N2/c1-35-33-42-41-25-13-14-26-43(41)50(2,3)44(42)34-47(35)53(40-23-11-6-12-24-40)46-28-16-18-37-30-32-51(49(37)46)31-29-36-17-15-27-45(48(36)51)52(38-19-7-4-8-20-38)39-21-9-5-10-22-39/h4-28,33-34H,29-32H2,1-3H3/t51-/m1/s1. The molecule has 10 rings (SSSR count). The largest absolute Gasteiger partial charge is 0.310 e. The highest BCUT2D eigenvalue weighted by Crippen LogP contribution is 2.60. The van der Waals surface area contributed by atoms with Gasteiger partial charge in [-0.15, -0.1) is 0 Å². The summed E-state index contributed by atoms with van der Waals surface area (Å²) in [5.41, 5.74) is 20.0. The first kappa shape index (κ1) is 31.8. The van der Waals surface area contributed by atoms with Crippen molar-refractivity contribution in [3.8, 4) is 11.1 Å². The van der Waals surface area contributed by atoms with Crippen LogP contribution in [0, 0.1) is 6.92 Å². The molecule has 0 saturated heterocycles. The average molecular weight is 685 g/mol. The summed E-state index contributed by atoms with van der Waals surface area (Å²) in [5, 5.41) is 0. The predicted molar refractivity (Wildman–Crippen MR) is 222 cm³/mol. The molecule has 0 unspecified atom stereocenters. The van der Waals surface area contributed by atoms with Crippen LogP contribution in [-0.2, 0) is 23.7 Å². The maximum Gasteiger partial charge on any atom is 0.0505 e. The van der Waals surface area contributed by atoms with Crippen molar-refractivity contribution in [3.05, 3.63) is 203 Å². The number of aryl methyl sites for hydroxylation is 3. The van der Waals surface area contributed by atoms with E-state index in [4.69, 9.17) is 0 Å². The molecule has 0 fully saturated rings. The lowest BCUT2D eigenvalue weighted by atomic mass is 9.74. The summed E-state index contributed by atoms with van der Waals surface area (Å²) in [6.07, 6.45) is 4.36. The Labute approximate surface area is 314 Å². The fourth-order valence-electron chi connectivity index (χ4n) is 10.2. The van der Waals surface area contributed by atoms with E-state index in [1.165, 1.54) is 84.2 Å². The third-order valence-electron chi connectivity index (χ3n) is 12.5. The van der Waals surface area contributed by atoms with Gasteiger partial charge in [0.2, 0.25) is 0 Å². The third-order valence-corrected chi connectivity index (χ3v) is 12.5. The number of rotatable bonds is 6. The zero-order valence-electron chi connectivity index (χ0n) is 30.8. The third kappa shape index (κ3) is 4.78. The Bertz CT molecular complexity index is 2460. The minimum atomic E-state index is -0.118. The molecule has 1 atom stereocenters. The summed E-state index contributed by atoms with van der Waals surface area (Å²) in [4.78, 5) is 5.08. The van der Waals surface area contributed by atoms with E-state index in [0.717, 1.165) is 25.7 Å². The van der Waals surface area contributed by atoms with Crippen LogP contribution in [0.1, 0.15) is 65.6 Å². The lowest BCUT2D eigenvalue weighted by Crippen LogP contribution is -2.27. The molecule has 0 bridgehead atoms. The van der Waals surface area contributed by atoms with Gasteiger partial charge in [0.25, 0.3) is 0 Å². The number of para-hydroxylation sites is 3. The molecule has 3 aliphatic carbocycles. The van der Waals surface area contributed by atoms with E-state index in [1.807, 2.05) is 0 Å². The Balaban J connectivity index is 1.21. The fourth-order valence-corrected chi connectivity index (χ4v) is 10.2. The Morgan fingerprint density at radius 2 is 0.925 bits per heavy atom. The molecular weight excluding hydrogens is 641 g/mol. The number of nitrogens with zero attached hydrogens (tertiary/aromatic N) is 2. The first-order valence-electron chi connectivity index (χ1n) is 19.2. The molecule has 258 valence electrons. The second kappa shape index (κ2) is 12.1. The van der Waals surface area contributed by atoms with Gasteiger partial charge in [0.05, 0.1) is 11.4 Å². The van der Waals surface area contributed by atoms with Crippen LogP contribution in [-0.4, -0.2) is 0 Å². The van der Waals surface area contributed by atoms with Crippen molar-refractivity contribution in [3.63, 3.8) is 0 Å². The normalized spacial score (nSPS) is 17.3. The van der Waals surface area contributed by atoms with Gasteiger partial charge in [0.1, 0.15) is 0 Å². The summed E-state index contributed by atoms with van der Waals surface area (Å²) in [6, 6.07) is 61.0. The van der Waals surface area contributed by atoms with Crippen LogP contribution in [0.25, 0.3) is 11.1 Å². The van der Waals surface area contributed by atoms with E-state index in [0.29, 0.717) is 0 Å². The van der Waals surface area contributed by atoms with Gasteiger partial charge in [-0.2, -0.15) is 0 Å². The number of benzene rings is 7. The van der Waals surface area contributed by atoms with E-state index in [9.17, 15) is 0 Å². The number of fused-ring (bicyclic) bond motifs is 7. The first-order valence-corrected chi connectivity index (χ1v) is 19.2. The van der Waals surface area contributed by atoms with Gasteiger partial charge in [0.15, 0.2) is 0 Å². The molecule has 1 spiro atoms. The van der Waals surface area contributed by atoms with Crippen molar-refractivity contribution in [2.75, 3.05) is 9.80 Å². The fraction of sp³-hybridized carbons (Fsp3) is 0.176. The van der Waals surface area contributed by atoms with Crippen LogP contribution in [0.4, 0.5) is 34.1 Å². The van der Waals surface area contributed by atoms with E-state index >= 15 is 0 Å². The zero-order chi connectivity index (χ0) is 35.7. The molecular formula is C51H44N2. The second-order valence-corrected chi connectivity index (χ2v) is 15.7. The quantitative estimate of drug-likeness (QED) is 0.172. The summed E-state index contributed by atoms with van der Waals surface area (Å²) < 4.78 is 0. The Morgan fingerprint density at radius 1 is 0.434 bits per heavy atom. The van der Waals surface area contributed by atoms with Crippen LogP contribution in [0.2, 0.25) is 0 Å². The zero-order valence-corrected chi connectivity index (χ0v) is 30.8. The topological polar surface area (TPSA) is 6.48 Å². The molecule has 0 aliphatic heterocycles. The molecule has 0 radical (unpaired) electrons. The highest BCUT2D eigenvalue weighted by molar-refractivity contribution is 5.90. The van der Waals surface area contributed by atoms with Crippen LogP contribution >= 0.6 is 0 Å². The molecule has 0 N–H and O–H groups in total. The Kier molecular flexibility index (Phi) is 7.27. The Hall–Kier alpha value is -5.86. The van der Waals surface area contributed by atoms with Crippen molar-refractivity contribution in [2.24, 2.45) is 0 Å². The summed E-state index contributed by atoms with van der Waals surface area (Å²) >= 11 is 0.